The van der Waals surface area contributed by atoms with E-state index in [4.69, 9.17) is 5.11 Å². The van der Waals surface area contributed by atoms with E-state index in [9.17, 15) is 9.59 Å². The molecule has 14 heavy (non-hydrogen) atoms. The van der Waals surface area contributed by atoms with Crippen LogP contribution in [0.15, 0.2) is 12.4 Å². The number of rotatable bonds is 3. The molecule has 0 bridgehead atoms. The van der Waals surface area contributed by atoms with Gasteiger partial charge in [-0.15, -0.1) is 0 Å². The average Bonchev–Trinajstić information content (AvgIpc) is 2.17. The number of nitrogens with zero attached hydrogens (tertiary/aromatic N) is 2. The van der Waals surface area contributed by atoms with Crippen molar-refractivity contribution in [2.45, 2.75) is 13.3 Å². The summed E-state index contributed by atoms with van der Waals surface area (Å²) in [5.74, 6) is -0.301. The van der Waals surface area contributed by atoms with Crippen molar-refractivity contribution in [1.29, 1.82) is 0 Å². The minimum Gasteiger partial charge on any atom is -0.449 e. The fourth-order valence-electron chi connectivity index (χ4n) is 0.783. The highest BCUT2D eigenvalue weighted by Crippen LogP contribution is 2.05. The van der Waals surface area contributed by atoms with E-state index in [0.29, 0.717) is 6.42 Å². The van der Waals surface area contributed by atoms with Gasteiger partial charge in [0.25, 0.3) is 0 Å². The second-order valence-corrected chi connectivity index (χ2v) is 2.38. The first-order valence-corrected chi connectivity index (χ1v) is 3.89. The molecule has 1 heterocycles. The van der Waals surface area contributed by atoms with Gasteiger partial charge in [0.2, 0.25) is 5.88 Å². The lowest BCUT2D eigenvalue weighted by Crippen LogP contribution is -2.07. The summed E-state index contributed by atoms with van der Waals surface area (Å²) in [4.78, 5) is 28.5. The summed E-state index contributed by atoms with van der Waals surface area (Å²) in [6, 6.07) is 0. The van der Waals surface area contributed by atoms with Crippen LogP contribution in [-0.4, -0.2) is 27.0 Å². The van der Waals surface area contributed by atoms with Gasteiger partial charge in [0.15, 0.2) is 5.78 Å². The Morgan fingerprint density at radius 2 is 2.14 bits per heavy atom. The maximum atomic E-state index is 11.1. The van der Waals surface area contributed by atoms with Crippen LogP contribution in [0, 0.1) is 0 Å². The summed E-state index contributed by atoms with van der Waals surface area (Å²) in [5.41, 5.74) is 0.199. The monoisotopic (exact) mass is 196 g/mol. The molecule has 1 aromatic rings. The quantitative estimate of drug-likeness (QED) is 0.575. The highest BCUT2D eigenvalue weighted by molar-refractivity contribution is 5.93. The molecule has 1 rings (SSSR count). The summed E-state index contributed by atoms with van der Waals surface area (Å²) in [5, 5.41) is 8.23. The predicted octanol–water partition coefficient (Wildman–Crippen LogP) is 1.13. The smallest absolute Gasteiger partial charge is 0.449 e. The molecule has 0 amide bonds. The first-order valence-electron chi connectivity index (χ1n) is 3.89. The summed E-state index contributed by atoms with van der Waals surface area (Å²) in [6.07, 6.45) is 1.14. The van der Waals surface area contributed by atoms with Crippen LogP contribution in [-0.2, 0) is 0 Å². The van der Waals surface area contributed by atoms with Crippen molar-refractivity contribution in [2.75, 3.05) is 0 Å². The van der Waals surface area contributed by atoms with Crippen molar-refractivity contribution in [2.24, 2.45) is 0 Å². The number of carbonyl (C=O) groups excluding carboxylic acids is 1. The number of carbonyl (C=O) groups is 2. The highest BCUT2D eigenvalue weighted by Gasteiger charge is 2.07. The number of hydrogen-bond acceptors (Lipinski definition) is 5. The lowest BCUT2D eigenvalue weighted by molar-refractivity contribution is 0.0983. The van der Waals surface area contributed by atoms with Crippen LogP contribution in [0.2, 0.25) is 0 Å². The SMILES string of the molecule is CCC(=O)c1cnc(OC(=O)O)cn1. The van der Waals surface area contributed by atoms with Gasteiger partial charge in [0.1, 0.15) is 5.69 Å². The lowest BCUT2D eigenvalue weighted by Gasteiger charge is -1.98. The summed E-state index contributed by atoms with van der Waals surface area (Å²) in [7, 11) is 0. The van der Waals surface area contributed by atoms with E-state index in [1.54, 1.807) is 6.92 Å². The first-order chi connectivity index (χ1) is 6.63. The van der Waals surface area contributed by atoms with Crippen molar-refractivity contribution < 1.29 is 19.4 Å². The van der Waals surface area contributed by atoms with Crippen LogP contribution >= 0.6 is 0 Å². The topological polar surface area (TPSA) is 89.4 Å². The van der Waals surface area contributed by atoms with Crippen molar-refractivity contribution in [3.8, 4) is 5.88 Å². The van der Waals surface area contributed by atoms with Gasteiger partial charge in [-0.1, -0.05) is 6.92 Å². The normalized spacial score (nSPS) is 9.50. The van der Waals surface area contributed by atoms with Crippen molar-refractivity contribution in [1.82, 2.24) is 9.97 Å². The Hall–Kier alpha value is -1.98. The van der Waals surface area contributed by atoms with E-state index in [1.165, 1.54) is 6.20 Å². The zero-order chi connectivity index (χ0) is 10.6. The second kappa shape index (κ2) is 4.31. The molecular weight excluding hydrogens is 188 g/mol. The molecule has 0 aliphatic heterocycles. The molecule has 0 unspecified atom stereocenters. The predicted molar refractivity (Wildman–Crippen MR) is 45.3 cm³/mol. The Morgan fingerprint density at radius 1 is 1.43 bits per heavy atom. The van der Waals surface area contributed by atoms with Gasteiger partial charge in [-0.25, -0.2) is 14.8 Å². The van der Waals surface area contributed by atoms with E-state index in [-0.39, 0.29) is 17.4 Å². The Balaban J connectivity index is 2.78. The van der Waals surface area contributed by atoms with Gasteiger partial charge in [-0.3, -0.25) is 4.79 Å². The number of carboxylic acid groups (broad SMARTS) is 1. The molecule has 0 aliphatic carbocycles. The zero-order valence-electron chi connectivity index (χ0n) is 7.43. The lowest BCUT2D eigenvalue weighted by atomic mass is 10.2. The first kappa shape index (κ1) is 10.1. The van der Waals surface area contributed by atoms with E-state index >= 15 is 0 Å². The van der Waals surface area contributed by atoms with E-state index < -0.39 is 6.16 Å². The molecular formula is C8H8N2O4. The average molecular weight is 196 g/mol. The Kier molecular flexibility index (Phi) is 3.11. The molecule has 0 fully saturated rings. The Bertz CT molecular complexity index is 347. The van der Waals surface area contributed by atoms with Crippen LogP contribution < -0.4 is 4.74 Å². The number of ketones is 1. The van der Waals surface area contributed by atoms with Gasteiger partial charge in [0.05, 0.1) is 12.4 Å². The number of hydrogen-bond donors (Lipinski definition) is 1. The molecule has 0 saturated carbocycles. The van der Waals surface area contributed by atoms with E-state index in [2.05, 4.69) is 14.7 Å². The third-order valence-electron chi connectivity index (χ3n) is 1.43. The minimum atomic E-state index is -1.46. The zero-order valence-corrected chi connectivity index (χ0v) is 7.43. The maximum Gasteiger partial charge on any atom is 0.512 e. The number of ether oxygens (including phenoxy) is 1. The second-order valence-electron chi connectivity index (χ2n) is 2.38. The van der Waals surface area contributed by atoms with Crippen LogP contribution in [0.1, 0.15) is 23.8 Å². The molecule has 1 aromatic heterocycles. The summed E-state index contributed by atoms with van der Waals surface area (Å²) < 4.78 is 4.21. The largest absolute Gasteiger partial charge is 0.512 e. The van der Waals surface area contributed by atoms with E-state index in [0.717, 1.165) is 6.20 Å². The van der Waals surface area contributed by atoms with Crippen LogP contribution in [0.3, 0.4) is 0 Å². The van der Waals surface area contributed by atoms with Crippen molar-refractivity contribution in [3.05, 3.63) is 18.1 Å². The summed E-state index contributed by atoms with van der Waals surface area (Å²) >= 11 is 0. The van der Waals surface area contributed by atoms with Gasteiger partial charge in [0, 0.05) is 6.42 Å². The molecule has 1 N–H and O–H groups in total. The molecule has 0 atom stereocenters. The van der Waals surface area contributed by atoms with Crippen LogP contribution in [0.4, 0.5) is 4.79 Å². The third kappa shape index (κ3) is 2.51. The molecule has 0 aromatic carbocycles. The fourth-order valence-corrected chi connectivity index (χ4v) is 0.783. The van der Waals surface area contributed by atoms with Crippen LogP contribution in [0.5, 0.6) is 5.88 Å². The van der Waals surface area contributed by atoms with Gasteiger partial charge < -0.3 is 9.84 Å². The molecule has 0 radical (unpaired) electrons. The molecule has 0 aliphatic rings. The third-order valence-corrected chi connectivity index (χ3v) is 1.43. The van der Waals surface area contributed by atoms with Gasteiger partial charge >= 0.3 is 6.16 Å². The molecule has 0 spiro atoms. The van der Waals surface area contributed by atoms with Crippen molar-refractivity contribution >= 4 is 11.9 Å². The minimum absolute atomic E-state index is 0.148. The Labute approximate surface area is 79.6 Å². The molecule has 0 saturated heterocycles. The van der Waals surface area contributed by atoms with Crippen molar-refractivity contribution in [3.63, 3.8) is 0 Å². The maximum absolute atomic E-state index is 11.1. The Morgan fingerprint density at radius 3 is 2.57 bits per heavy atom. The molecule has 74 valence electrons. The highest BCUT2D eigenvalue weighted by atomic mass is 16.7. The van der Waals surface area contributed by atoms with Gasteiger partial charge in [-0.05, 0) is 0 Å². The number of Topliss-reactive ketones (excluding diaryl/α,β-unsaturated/α-hetero) is 1. The molecule has 6 heteroatoms. The van der Waals surface area contributed by atoms with E-state index in [1.807, 2.05) is 0 Å². The fraction of sp³-hybridized carbons (Fsp3) is 0.250. The van der Waals surface area contributed by atoms with Gasteiger partial charge in [-0.2, -0.15) is 0 Å². The summed E-state index contributed by atoms with van der Waals surface area (Å²) in [6.45, 7) is 1.70. The number of aromatic nitrogens is 2. The standard InChI is InChI=1S/C8H8N2O4/c1-2-6(11)5-3-10-7(4-9-5)14-8(12)13/h3-4H,2H2,1H3,(H,12,13). The van der Waals surface area contributed by atoms with Crippen LogP contribution in [0.25, 0.3) is 0 Å². The molecule has 6 nitrogen and oxygen atoms in total.